The van der Waals surface area contributed by atoms with E-state index in [0.29, 0.717) is 11.1 Å². The van der Waals surface area contributed by atoms with Crippen LogP contribution < -0.4 is 5.48 Å². The highest BCUT2D eigenvalue weighted by Gasteiger charge is 2.12. The molecule has 5 heteroatoms. The molecular weight excluding hydrogens is 194 g/mol. The van der Waals surface area contributed by atoms with Crippen molar-refractivity contribution in [2.75, 3.05) is 0 Å². The van der Waals surface area contributed by atoms with Gasteiger partial charge in [-0.25, -0.2) is 5.48 Å². The second kappa shape index (κ2) is 3.83. The summed E-state index contributed by atoms with van der Waals surface area (Å²) in [6.07, 6.45) is 0. The first kappa shape index (κ1) is 10.1. The molecule has 0 heterocycles. The van der Waals surface area contributed by atoms with E-state index in [1.54, 1.807) is 6.92 Å². The van der Waals surface area contributed by atoms with Crippen molar-refractivity contribution in [3.8, 4) is 11.5 Å². The molecule has 4 nitrogen and oxygen atoms in total. The number of halogens is 1. The Kier molecular flexibility index (Phi) is 2.98. The van der Waals surface area contributed by atoms with Crippen molar-refractivity contribution in [1.29, 1.82) is 0 Å². The molecule has 0 aliphatic rings. The van der Waals surface area contributed by atoms with E-state index >= 15 is 0 Å². The molecule has 0 aliphatic heterocycles. The van der Waals surface area contributed by atoms with E-state index in [1.165, 1.54) is 6.07 Å². The minimum absolute atomic E-state index is 0.0547. The number of phenols is 2. The topological polar surface area (TPSA) is 72.7 Å². The van der Waals surface area contributed by atoms with Crippen LogP contribution in [0.15, 0.2) is 6.07 Å². The number of aromatic hydroxyl groups is 2. The third kappa shape index (κ3) is 1.85. The largest absolute Gasteiger partial charge is 0.504 e. The van der Waals surface area contributed by atoms with Crippen LogP contribution in [0, 0.1) is 6.92 Å². The van der Waals surface area contributed by atoms with E-state index in [1.807, 2.05) is 5.48 Å². The Labute approximate surface area is 80.4 Å². The lowest BCUT2D eigenvalue weighted by Crippen LogP contribution is -2.08. The number of phenolic OH excluding ortho intramolecular Hbond substituents is 2. The van der Waals surface area contributed by atoms with Crippen LogP contribution >= 0.6 is 11.6 Å². The normalized spacial score (nSPS) is 10.4. The molecule has 72 valence electrons. The van der Waals surface area contributed by atoms with Crippen molar-refractivity contribution in [3.05, 3.63) is 22.2 Å². The first-order valence-electron chi connectivity index (χ1n) is 3.64. The highest BCUT2D eigenvalue weighted by Crippen LogP contribution is 2.37. The molecule has 1 rings (SSSR count). The SMILES string of the molecule is Cc1cc(O)c(O)c(Cl)c1CNO. The number of aryl methyl sites for hydroxylation is 1. The second-order valence-corrected chi connectivity index (χ2v) is 3.07. The summed E-state index contributed by atoms with van der Waals surface area (Å²) in [6.45, 7) is 1.84. The van der Waals surface area contributed by atoms with Gasteiger partial charge in [0.15, 0.2) is 11.5 Å². The third-order valence-electron chi connectivity index (χ3n) is 1.80. The summed E-state index contributed by atoms with van der Waals surface area (Å²) in [5, 5.41) is 26.9. The van der Waals surface area contributed by atoms with Gasteiger partial charge < -0.3 is 15.4 Å². The molecule has 0 fully saturated rings. The van der Waals surface area contributed by atoms with Crippen LogP contribution in [-0.2, 0) is 6.54 Å². The smallest absolute Gasteiger partial charge is 0.176 e. The van der Waals surface area contributed by atoms with E-state index in [0.717, 1.165) is 0 Å². The van der Waals surface area contributed by atoms with E-state index in [4.69, 9.17) is 21.9 Å². The quantitative estimate of drug-likeness (QED) is 0.435. The highest BCUT2D eigenvalue weighted by molar-refractivity contribution is 6.33. The lowest BCUT2D eigenvalue weighted by atomic mass is 10.1. The molecule has 0 spiro atoms. The molecule has 1 aromatic rings. The van der Waals surface area contributed by atoms with Gasteiger partial charge in [-0.05, 0) is 24.1 Å². The monoisotopic (exact) mass is 203 g/mol. The molecule has 0 saturated heterocycles. The zero-order valence-corrected chi connectivity index (χ0v) is 7.76. The fourth-order valence-corrected chi connectivity index (χ4v) is 1.40. The van der Waals surface area contributed by atoms with Crippen LogP contribution in [0.2, 0.25) is 5.02 Å². The molecule has 13 heavy (non-hydrogen) atoms. The number of rotatable bonds is 2. The van der Waals surface area contributed by atoms with Gasteiger partial charge >= 0.3 is 0 Å². The third-order valence-corrected chi connectivity index (χ3v) is 2.21. The number of hydroxylamine groups is 1. The van der Waals surface area contributed by atoms with Gasteiger partial charge in [-0.15, -0.1) is 0 Å². The fraction of sp³-hybridized carbons (Fsp3) is 0.250. The van der Waals surface area contributed by atoms with Crippen LogP contribution in [0.5, 0.6) is 11.5 Å². The van der Waals surface area contributed by atoms with E-state index in [2.05, 4.69) is 0 Å². The van der Waals surface area contributed by atoms with Crippen molar-refractivity contribution < 1.29 is 15.4 Å². The van der Waals surface area contributed by atoms with Crippen molar-refractivity contribution in [3.63, 3.8) is 0 Å². The van der Waals surface area contributed by atoms with Gasteiger partial charge in [0.25, 0.3) is 0 Å². The number of hydrogen-bond acceptors (Lipinski definition) is 4. The number of nitrogens with one attached hydrogen (secondary N) is 1. The summed E-state index contributed by atoms with van der Waals surface area (Å²) in [7, 11) is 0. The maximum Gasteiger partial charge on any atom is 0.176 e. The molecule has 4 N–H and O–H groups in total. The van der Waals surface area contributed by atoms with Gasteiger partial charge in [0, 0.05) is 6.54 Å². The minimum Gasteiger partial charge on any atom is -0.504 e. The average molecular weight is 204 g/mol. The Morgan fingerprint density at radius 1 is 1.46 bits per heavy atom. The predicted molar refractivity (Wildman–Crippen MR) is 48.1 cm³/mol. The van der Waals surface area contributed by atoms with Crippen LogP contribution in [-0.4, -0.2) is 15.4 Å². The second-order valence-electron chi connectivity index (χ2n) is 2.69. The first-order chi connectivity index (χ1) is 6.07. The maximum absolute atomic E-state index is 9.25. The summed E-state index contributed by atoms with van der Waals surface area (Å²) >= 11 is 5.72. The summed E-state index contributed by atoms with van der Waals surface area (Å²) in [6, 6.07) is 1.38. The van der Waals surface area contributed by atoms with Gasteiger partial charge in [0.05, 0.1) is 5.02 Å². The Hall–Kier alpha value is -0.970. The van der Waals surface area contributed by atoms with Crippen molar-refractivity contribution in [1.82, 2.24) is 5.48 Å². The Bertz CT molecular complexity index is 328. The Balaban J connectivity index is 3.26. The Morgan fingerprint density at radius 3 is 2.62 bits per heavy atom. The lowest BCUT2D eigenvalue weighted by Gasteiger charge is -2.09. The van der Waals surface area contributed by atoms with Gasteiger partial charge in [0.1, 0.15) is 0 Å². The summed E-state index contributed by atoms with van der Waals surface area (Å²) < 4.78 is 0. The van der Waals surface area contributed by atoms with Crippen LogP contribution in [0.25, 0.3) is 0 Å². The molecule has 0 saturated carbocycles. The zero-order valence-electron chi connectivity index (χ0n) is 7.00. The summed E-state index contributed by atoms with van der Waals surface area (Å²) in [5.41, 5.74) is 3.19. The van der Waals surface area contributed by atoms with Crippen molar-refractivity contribution in [2.24, 2.45) is 0 Å². The zero-order chi connectivity index (χ0) is 10.0. The fourth-order valence-electron chi connectivity index (χ4n) is 1.09. The average Bonchev–Trinajstić information content (AvgIpc) is 2.09. The molecule has 0 aromatic heterocycles. The van der Waals surface area contributed by atoms with E-state index in [9.17, 15) is 5.11 Å². The predicted octanol–water partition coefficient (Wildman–Crippen LogP) is 1.54. The molecule has 0 unspecified atom stereocenters. The van der Waals surface area contributed by atoms with Crippen molar-refractivity contribution in [2.45, 2.75) is 13.5 Å². The molecule has 0 amide bonds. The standard InChI is InChI=1S/C8H10ClNO3/c1-4-2-6(11)8(12)7(9)5(4)3-10-13/h2,10-13H,3H2,1H3. The van der Waals surface area contributed by atoms with Gasteiger partial charge in [-0.1, -0.05) is 11.6 Å². The molecule has 0 radical (unpaired) electrons. The molecule has 0 aliphatic carbocycles. The van der Waals surface area contributed by atoms with Crippen LogP contribution in [0.4, 0.5) is 0 Å². The van der Waals surface area contributed by atoms with Gasteiger partial charge in [0.2, 0.25) is 0 Å². The number of benzene rings is 1. The van der Waals surface area contributed by atoms with Gasteiger partial charge in [-0.3, -0.25) is 0 Å². The molecule has 0 atom stereocenters. The van der Waals surface area contributed by atoms with E-state index in [-0.39, 0.29) is 23.1 Å². The van der Waals surface area contributed by atoms with Crippen molar-refractivity contribution >= 4 is 11.6 Å². The van der Waals surface area contributed by atoms with Gasteiger partial charge in [-0.2, -0.15) is 0 Å². The van der Waals surface area contributed by atoms with E-state index < -0.39 is 0 Å². The first-order valence-corrected chi connectivity index (χ1v) is 4.02. The maximum atomic E-state index is 9.25. The summed E-state index contributed by atoms with van der Waals surface area (Å²) in [4.78, 5) is 0. The molecule has 0 bridgehead atoms. The molecular formula is C8H10ClNO3. The van der Waals surface area contributed by atoms with Crippen LogP contribution in [0.1, 0.15) is 11.1 Å². The molecule has 1 aromatic carbocycles. The highest BCUT2D eigenvalue weighted by atomic mass is 35.5. The summed E-state index contributed by atoms with van der Waals surface area (Å²) in [5.74, 6) is -0.623. The Morgan fingerprint density at radius 2 is 2.08 bits per heavy atom. The minimum atomic E-state index is -0.363. The lowest BCUT2D eigenvalue weighted by molar-refractivity contribution is 0.161. The van der Waals surface area contributed by atoms with Crippen LogP contribution in [0.3, 0.4) is 0 Å². The number of hydrogen-bond donors (Lipinski definition) is 4.